The second-order valence-corrected chi connectivity index (χ2v) is 7.41. The third-order valence-corrected chi connectivity index (χ3v) is 5.21. The number of benzene rings is 1. The highest BCUT2D eigenvalue weighted by Gasteiger charge is 2.27. The van der Waals surface area contributed by atoms with Gasteiger partial charge in [-0.3, -0.25) is 0 Å². The standard InChI is InChI=1S/C17H21ClN2S.C2H6/c1-11(2)13-4-5-16(20-8-12(9-20)10-21-3)15-7-19-17(18)6-14(13)15;1-2/h4-7,11-12H,8-10H2,1-3H3;1-2H3. The Morgan fingerprint density at radius 1 is 1.26 bits per heavy atom. The van der Waals surface area contributed by atoms with Crippen molar-refractivity contribution in [3.63, 3.8) is 0 Å². The Hall–Kier alpha value is -0.930. The van der Waals surface area contributed by atoms with Gasteiger partial charge in [0.2, 0.25) is 0 Å². The van der Waals surface area contributed by atoms with Gasteiger partial charge in [0, 0.05) is 36.3 Å². The van der Waals surface area contributed by atoms with Crippen molar-refractivity contribution in [3.8, 4) is 0 Å². The van der Waals surface area contributed by atoms with Crippen molar-refractivity contribution in [2.75, 3.05) is 30.0 Å². The van der Waals surface area contributed by atoms with E-state index in [0.29, 0.717) is 11.1 Å². The molecule has 0 saturated carbocycles. The van der Waals surface area contributed by atoms with Crippen LogP contribution in [0, 0.1) is 5.92 Å². The van der Waals surface area contributed by atoms with Crippen molar-refractivity contribution in [3.05, 3.63) is 35.1 Å². The van der Waals surface area contributed by atoms with Crippen LogP contribution in [0.4, 0.5) is 5.69 Å². The molecule has 0 N–H and O–H groups in total. The largest absolute Gasteiger partial charge is 0.370 e. The van der Waals surface area contributed by atoms with Crippen molar-refractivity contribution in [2.45, 2.75) is 33.6 Å². The van der Waals surface area contributed by atoms with Crippen molar-refractivity contribution in [1.29, 1.82) is 0 Å². The topological polar surface area (TPSA) is 16.1 Å². The molecule has 4 heteroatoms. The highest BCUT2D eigenvalue weighted by Crippen LogP contribution is 2.36. The number of hydrogen-bond acceptors (Lipinski definition) is 3. The quantitative estimate of drug-likeness (QED) is 0.644. The molecule has 1 saturated heterocycles. The smallest absolute Gasteiger partial charge is 0.129 e. The third-order valence-electron chi connectivity index (χ3n) is 4.20. The zero-order chi connectivity index (χ0) is 17.0. The first-order valence-electron chi connectivity index (χ1n) is 8.42. The molecule has 1 aromatic heterocycles. The Morgan fingerprint density at radius 3 is 2.57 bits per heavy atom. The second kappa shape index (κ2) is 8.25. The molecule has 0 bridgehead atoms. The van der Waals surface area contributed by atoms with E-state index in [9.17, 15) is 0 Å². The summed E-state index contributed by atoms with van der Waals surface area (Å²) < 4.78 is 0. The van der Waals surface area contributed by atoms with Crippen LogP contribution in [-0.4, -0.2) is 30.1 Å². The van der Waals surface area contributed by atoms with E-state index in [2.05, 4.69) is 42.1 Å². The lowest BCUT2D eigenvalue weighted by Gasteiger charge is -2.41. The predicted octanol–water partition coefficient (Wildman–Crippen LogP) is 5.84. The van der Waals surface area contributed by atoms with Gasteiger partial charge < -0.3 is 4.90 Å². The molecule has 0 unspecified atom stereocenters. The lowest BCUT2D eigenvalue weighted by Crippen LogP contribution is -2.48. The Kier molecular flexibility index (Phi) is 6.60. The van der Waals surface area contributed by atoms with E-state index < -0.39 is 0 Å². The summed E-state index contributed by atoms with van der Waals surface area (Å²) in [5, 5.41) is 3.05. The first-order chi connectivity index (χ1) is 11.1. The van der Waals surface area contributed by atoms with E-state index in [1.165, 1.54) is 27.8 Å². The first kappa shape index (κ1) is 18.4. The molecule has 1 aliphatic heterocycles. The summed E-state index contributed by atoms with van der Waals surface area (Å²) in [4.78, 5) is 6.76. The summed E-state index contributed by atoms with van der Waals surface area (Å²) in [7, 11) is 0. The van der Waals surface area contributed by atoms with E-state index in [1.807, 2.05) is 37.9 Å². The Labute approximate surface area is 149 Å². The Bertz CT molecular complexity index is 651. The third kappa shape index (κ3) is 3.95. The lowest BCUT2D eigenvalue weighted by atomic mass is 9.94. The van der Waals surface area contributed by atoms with Crippen LogP contribution in [0.15, 0.2) is 24.4 Å². The van der Waals surface area contributed by atoms with Crippen LogP contribution in [0.1, 0.15) is 39.2 Å². The summed E-state index contributed by atoms with van der Waals surface area (Å²) in [6.45, 7) is 10.8. The fourth-order valence-electron chi connectivity index (χ4n) is 3.11. The highest BCUT2D eigenvalue weighted by atomic mass is 35.5. The molecule has 1 aromatic carbocycles. The molecular weight excluding hydrogens is 324 g/mol. The summed E-state index contributed by atoms with van der Waals surface area (Å²) in [5.74, 6) is 2.56. The number of nitrogens with zero attached hydrogens (tertiary/aromatic N) is 2. The van der Waals surface area contributed by atoms with Gasteiger partial charge in [0.1, 0.15) is 5.15 Å². The first-order valence-corrected chi connectivity index (χ1v) is 10.2. The molecule has 1 fully saturated rings. The van der Waals surface area contributed by atoms with Gasteiger partial charge >= 0.3 is 0 Å². The molecule has 23 heavy (non-hydrogen) atoms. The van der Waals surface area contributed by atoms with Crippen molar-refractivity contribution >= 4 is 39.8 Å². The number of thioether (sulfide) groups is 1. The molecule has 2 aromatic rings. The van der Waals surface area contributed by atoms with Gasteiger partial charge in [0.05, 0.1) is 0 Å². The summed E-state index contributed by atoms with van der Waals surface area (Å²) in [6.07, 6.45) is 4.11. The van der Waals surface area contributed by atoms with Crippen LogP contribution >= 0.6 is 23.4 Å². The molecule has 0 atom stereocenters. The molecule has 1 aliphatic rings. The van der Waals surface area contributed by atoms with E-state index in [4.69, 9.17) is 11.6 Å². The van der Waals surface area contributed by atoms with E-state index in [0.717, 1.165) is 19.0 Å². The monoisotopic (exact) mass is 350 g/mol. The maximum absolute atomic E-state index is 6.11. The molecule has 3 rings (SSSR count). The van der Waals surface area contributed by atoms with Crippen molar-refractivity contribution in [1.82, 2.24) is 4.98 Å². The number of rotatable bonds is 4. The van der Waals surface area contributed by atoms with Crippen LogP contribution in [0.5, 0.6) is 0 Å². The van der Waals surface area contributed by atoms with Gasteiger partial charge in [-0.15, -0.1) is 0 Å². The zero-order valence-corrected chi connectivity index (χ0v) is 16.3. The minimum absolute atomic E-state index is 0.487. The average Bonchev–Trinajstić information content (AvgIpc) is 2.51. The molecule has 0 amide bonds. The number of aromatic nitrogens is 1. The van der Waals surface area contributed by atoms with Gasteiger partial charge in [-0.2, -0.15) is 11.8 Å². The lowest BCUT2D eigenvalue weighted by molar-refractivity contribution is 0.456. The van der Waals surface area contributed by atoms with Gasteiger partial charge in [0.25, 0.3) is 0 Å². The molecule has 2 nitrogen and oxygen atoms in total. The van der Waals surface area contributed by atoms with Gasteiger partial charge in [0.15, 0.2) is 0 Å². The highest BCUT2D eigenvalue weighted by molar-refractivity contribution is 7.98. The zero-order valence-electron chi connectivity index (χ0n) is 14.8. The minimum atomic E-state index is 0.487. The SMILES string of the molecule is CC.CSCC1CN(c2ccc(C(C)C)c3cc(Cl)ncc23)C1. The average molecular weight is 351 g/mol. The molecule has 0 radical (unpaired) electrons. The molecular formula is C19H27ClN2S. The molecule has 0 aliphatic carbocycles. The van der Waals surface area contributed by atoms with Gasteiger partial charge in [-0.1, -0.05) is 45.4 Å². The van der Waals surface area contributed by atoms with Gasteiger partial charge in [-0.25, -0.2) is 4.98 Å². The Balaban J connectivity index is 0.000000924. The maximum Gasteiger partial charge on any atom is 0.129 e. The van der Waals surface area contributed by atoms with E-state index in [1.54, 1.807) is 0 Å². The molecule has 2 heterocycles. The van der Waals surface area contributed by atoms with Crippen LogP contribution < -0.4 is 4.90 Å². The number of hydrogen-bond donors (Lipinski definition) is 0. The van der Waals surface area contributed by atoms with Gasteiger partial charge in [-0.05, 0) is 41.0 Å². The van der Waals surface area contributed by atoms with E-state index in [-0.39, 0.29) is 0 Å². The number of halogens is 1. The number of anilines is 1. The van der Waals surface area contributed by atoms with Crippen LogP contribution in [-0.2, 0) is 0 Å². The van der Waals surface area contributed by atoms with Crippen molar-refractivity contribution < 1.29 is 0 Å². The maximum atomic E-state index is 6.11. The normalized spacial score (nSPS) is 14.7. The summed E-state index contributed by atoms with van der Waals surface area (Å²) >= 11 is 8.05. The van der Waals surface area contributed by atoms with Crippen LogP contribution in [0.2, 0.25) is 5.15 Å². The van der Waals surface area contributed by atoms with Crippen LogP contribution in [0.3, 0.4) is 0 Å². The molecule has 126 valence electrons. The minimum Gasteiger partial charge on any atom is -0.370 e. The van der Waals surface area contributed by atoms with Crippen LogP contribution in [0.25, 0.3) is 10.8 Å². The fourth-order valence-corrected chi connectivity index (χ4v) is 3.95. The van der Waals surface area contributed by atoms with E-state index >= 15 is 0 Å². The molecule has 0 spiro atoms. The number of fused-ring (bicyclic) bond motifs is 1. The number of pyridine rings is 1. The van der Waals surface area contributed by atoms with Crippen molar-refractivity contribution in [2.24, 2.45) is 5.92 Å². The predicted molar refractivity (Wildman–Crippen MR) is 106 cm³/mol. The fraction of sp³-hybridized carbons (Fsp3) is 0.526. The Morgan fingerprint density at radius 2 is 1.96 bits per heavy atom. The summed E-state index contributed by atoms with van der Waals surface area (Å²) in [6, 6.07) is 6.51. The second-order valence-electron chi connectivity index (χ2n) is 6.11. The summed E-state index contributed by atoms with van der Waals surface area (Å²) in [5.41, 5.74) is 2.65.